The Morgan fingerprint density at radius 1 is 1.09 bits per heavy atom. The highest BCUT2D eigenvalue weighted by Gasteiger charge is 2.38. The minimum atomic E-state index is -0.635. The van der Waals surface area contributed by atoms with Gasteiger partial charge in [-0.05, 0) is 37.6 Å². The van der Waals surface area contributed by atoms with Crippen molar-refractivity contribution in [2.45, 2.75) is 31.9 Å². The van der Waals surface area contributed by atoms with E-state index < -0.39 is 17.6 Å². The Labute approximate surface area is 195 Å². The number of nitrogens with one attached hydrogen (secondary N) is 2. The van der Waals surface area contributed by atoms with Crippen LogP contribution in [-0.4, -0.2) is 41.2 Å². The molecule has 0 radical (unpaired) electrons. The molecule has 0 saturated carbocycles. The predicted molar refractivity (Wildman–Crippen MR) is 125 cm³/mol. The SMILES string of the molecule is O=C1NC(=O)C(c2cn(C3CCNCC3)c3c(CO)cccc23)=C1c1c(F)ccc2c1OCC2. The maximum atomic E-state index is 15.2. The molecule has 0 aliphatic carbocycles. The maximum absolute atomic E-state index is 15.2. The number of hydrogen-bond donors (Lipinski definition) is 3. The number of aliphatic hydroxyl groups is 1. The third kappa shape index (κ3) is 3.09. The quantitative estimate of drug-likeness (QED) is 0.520. The van der Waals surface area contributed by atoms with Crippen LogP contribution in [0.25, 0.3) is 22.0 Å². The summed E-state index contributed by atoms with van der Waals surface area (Å²) < 4.78 is 23.0. The molecule has 174 valence electrons. The van der Waals surface area contributed by atoms with E-state index in [4.69, 9.17) is 4.74 Å². The maximum Gasteiger partial charge on any atom is 0.259 e. The van der Waals surface area contributed by atoms with E-state index in [0.29, 0.717) is 24.3 Å². The number of amides is 2. The number of carbonyl (C=O) groups excluding carboxylic acids is 2. The summed E-state index contributed by atoms with van der Waals surface area (Å²) in [6, 6.07) is 8.72. The number of rotatable bonds is 4. The molecular formula is C26H24FN3O4. The number of aromatic nitrogens is 1. The second kappa shape index (κ2) is 8.07. The van der Waals surface area contributed by atoms with E-state index in [1.807, 2.05) is 24.4 Å². The van der Waals surface area contributed by atoms with Crippen LogP contribution in [0.4, 0.5) is 4.39 Å². The topological polar surface area (TPSA) is 92.6 Å². The molecule has 0 unspecified atom stereocenters. The molecule has 1 aromatic heterocycles. The molecule has 2 amide bonds. The molecule has 3 aliphatic heterocycles. The van der Waals surface area contributed by atoms with Gasteiger partial charge in [-0.2, -0.15) is 0 Å². The van der Waals surface area contributed by atoms with Gasteiger partial charge in [-0.25, -0.2) is 4.39 Å². The monoisotopic (exact) mass is 461 g/mol. The number of benzene rings is 2. The second-order valence-electron chi connectivity index (χ2n) is 8.94. The van der Waals surface area contributed by atoms with Crippen molar-refractivity contribution in [3.8, 4) is 5.75 Å². The average Bonchev–Trinajstić information content (AvgIpc) is 3.55. The molecule has 3 N–H and O–H groups in total. The van der Waals surface area contributed by atoms with Crippen LogP contribution in [0.1, 0.15) is 41.1 Å². The first-order valence-corrected chi connectivity index (χ1v) is 11.6. The van der Waals surface area contributed by atoms with Gasteiger partial charge >= 0.3 is 0 Å². The molecule has 6 rings (SSSR count). The number of hydrogen-bond acceptors (Lipinski definition) is 5. The lowest BCUT2D eigenvalue weighted by molar-refractivity contribution is -0.122. The van der Waals surface area contributed by atoms with Crippen LogP contribution in [-0.2, 0) is 22.6 Å². The number of ether oxygens (including phenoxy) is 1. The number of para-hydroxylation sites is 1. The minimum absolute atomic E-state index is 0.0000114. The summed E-state index contributed by atoms with van der Waals surface area (Å²) in [5.74, 6) is -1.47. The van der Waals surface area contributed by atoms with Crippen molar-refractivity contribution >= 4 is 33.9 Å². The molecule has 2 aromatic carbocycles. The fourth-order valence-electron chi connectivity index (χ4n) is 5.50. The average molecular weight is 461 g/mol. The summed E-state index contributed by atoms with van der Waals surface area (Å²) in [5, 5.41) is 16.5. The highest BCUT2D eigenvalue weighted by Crippen LogP contribution is 2.43. The number of halogens is 1. The number of nitrogens with zero attached hydrogens (tertiary/aromatic N) is 1. The van der Waals surface area contributed by atoms with Gasteiger partial charge in [-0.1, -0.05) is 24.3 Å². The van der Waals surface area contributed by atoms with Crippen molar-refractivity contribution in [2.75, 3.05) is 19.7 Å². The van der Waals surface area contributed by atoms with Crippen molar-refractivity contribution in [3.63, 3.8) is 0 Å². The van der Waals surface area contributed by atoms with E-state index in [-0.39, 0.29) is 29.4 Å². The molecular weight excluding hydrogens is 437 g/mol. The van der Waals surface area contributed by atoms with Crippen molar-refractivity contribution in [1.29, 1.82) is 0 Å². The predicted octanol–water partition coefficient (Wildman–Crippen LogP) is 2.70. The lowest BCUT2D eigenvalue weighted by Crippen LogP contribution is -2.29. The summed E-state index contributed by atoms with van der Waals surface area (Å²) in [6.07, 6.45) is 4.30. The third-order valence-corrected chi connectivity index (χ3v) is 7.07. The van der Waals surface area contributed by atoms with Crippen LogP contribution in [0.5, 0.6) is 5.75 Å². The molecule has 0 atom stereocenters. The van der Waals surface area contributed by atoms with Gasteiger partial charge in [-0.15, -0.1) is 0 Å². The highest BCUT2D eigenvalue weighted by molar-refractivity contribution is 6.50. The first-order chi connectivity index (χ1) is 16.6. The van der Waals surface area contributed by atoms with Gasteiger partial charge in [-0.3, -0.25) is 14.9 Å². The lowest BCUT2D eigenvalue weighted by Gasteiger charge is -2.25. The third-order valence-electron chi connectivity index (χ3n) is 7.07. The minimum Gasteiger partial charge on any atom is -0.492 e. The Hall–Kier alpha value is -3.49. The summed E-state index contributed by atoms with van der Waals surface area (Å²) in [7, 11) is 0. The van der Waals surface area contributed by atoms with E-state index >= 15 is 4.39 Å². The molecule has 1 saturated heterocycles. The second-order valence-corrected chi connectivity index (χ2v) is 8.94. The van der Waals surface area contributed by atoms with Gasteiger partial charge in [0.1, 0.15) is 11.6 Å². The molecule has 0 spiro atoms. The highest BCUT2D eigenvalue weighted by atomic mass is 19.1. The van der Waals surface area contributed by atoms with Gasteiger partial charge in [0.2, 0.25) is 0 Å². The van der Waals surface area contributed by atoms with Crippen LogP contribution in [0.3, 0.4) is 0 Å². The number of fused-ring (bicyclic) bond motifs is 2. The first-order valence-electron chi connectivity index (χ1n) is 11.6. The summed E-state index contributed by atoms with van der Waals surface area (Å²) in [5.41, 5.74) is 3.12. The van der Waals surface area contributed by atoms with E-state index in [1.54, 1.807) is 6.07 Å². The van der Waals surface area contributed by atoms with Gasteiger partial charge in [0.15, 0.2) is 0 Å². The summed E-state index contributed by atoms with van der Waals surface area (Å²) in [6.45, 7) is 1.98. The Kier molecular flexibility index (Phi) is 5.00. The molecule has 1 fully saturated rings. The number of piperidine rings is 1. The van der Waals surface area contributed by atoms with E-state index in [1.165, 1.54) is 6.07 Å². The van der Waals surface area contributed by atoms with Crippen molar-refractivity contribution in [2.24, 2.45) is 0 Å². The van der Waals surface area contributed by atoms with Crippen molar-refractivity contribution < 1.29 is 23.8 Å². The Bertz CT molecular complexity index is 1380. The Morgan fingerprint density at radius 3 is 2.68 bits per heavy atom. The van der Waals surface area contributed by atoms with Crippen molar-refractivity contribution in [3.05, 3.63) is 64.6 Å². The number of aliphatic hydroxyl groups excluding tert-OH is 1. The molecule has 4 heterocycles. The lowest BCUT2D eigenvalue weighted by atomic mass is 9.93. The fraction of sp³-hybridized carbons (Fsp3) is 0.308. The first kappa shape index (κ1) is 21.1. The van der Waals surface area contributed by atoms with Crippen LogP contribution < -0.4 is 15.4 Å². The number of carbonyl (C=O) groups is 2. The zero-order chi connectivity index (χ0) is 23.4. The van der Waals surface area contributed by atoms with Crippen molar-refractivity contribution in [1.82, 2.24) is 15.2 Å². The Morgan fingerprint density at radius 2 is 1.88 bits per heavy atom. The Balaban J connectivity index is 1.65. The normalized spacial score (nSPS) is 18.5. The van der Waals surface area contributed by atoms with E-state index in [2.05, 4.69) is 15.2 Å². The van der Waals surface area contributed by atoms with Crippen LogP contribution in [0.15, 0.2) is 36.5 Å². The molecule has 3 aromatic rings. The molecule has 34 heavy (non-hydrogen) atoms. The van der Waals surface area contributed by atoms with Gasteiger partial charge in [0.25, 0.3) is 11.8 Å². The van der Waals surface area contributed by atoms with Gasteiger partial charge in [0, 0.05) is 35.2 Å². The molecule has 3 aliphatic rings. The zero-order valence-corrected chi connectivity index (χ0v) is 18.5. The largest absolute Gasteiger partial charge is 0.492 e. The van der Waals surface area contributed by atoms with E-state index in [9.17, 15) is 14.7 Å². The molecule has 8 heteroatoms. The standard InChI is InChI=1S/C26H24FN3O4/c27-19-5-4-14-8-11-34-24(14)21(19)22-20(25(32)29-26(22)33)18-12-30(16-6-9-28-10-7-16)23-15(13-31)2-1-3-17(18)23/h1-5,12,16,28,31H,6-11,13H2,(H,29,32,33). The van der Waals surface area contributed by atoms with Crippen LogP contribution in [0.2, 0.25) is 0 Å². The molecule has 7 nitrogen and oxygen atoms in total. The fourth-order valence-corrected chi connectivity index (χ4v) is 5.50. The zero-order valence-electron chi connectivity index (χ0n) is 18.5. The van der Waals surface area contributed by atoms with Crippen LogP contribution >= 0.6 is 0 Å². The van der Waals surface area contributed by atoms with Gasteiger partial charge < -0.3 is 19.7 Å². The summed E-state index contributed by atoms with van der Waals surface area (Å²) >= 11 is 0. The smallest absolute Gasteiger partial charge is 0.259 e. The number of imide groups is 1. The van der Waals surface area contributed by atoms with E-state index in [0.717, 1.165) is 48.0 Å². The summed E-state index contributed by atoms with van der Waals surface area (Å²) in [4.78, 5) is 26.2. The van der Waals surface area contributed by atoms with Gasteiger partial charge in [0.05, 0.1) is 35.4 Å². The molecule has 0 bridgehead atoms. The van der Waals surface area contributed by atoms with Crippen LogP contribution in [0, 0.1) is 5.82 Å².